The van der Waals surface area contributed by atoms with Crippen LogP contribution in [0.3, 0.4) is 0 Å². The lowest BCUT2D eigenvalue weighted by Gasteiger charge is -2.07. The number of methoxy groups -OCH3 is 1. The topological polar surface area (TPSA) is 119 Å². The molecule has 0 aliphatic carbocycles. The molecule has 0 unspecified atom stereocenters. The minimum atomic E-state index is -0.735. The van der Waals surface area contributed by atoms with E-state index in [1.54, 1.807) is 0 Å². The van der Waals surface area contributed by atoms with E-state index in [2.05, 4.69) is 20.0 Å². The molecule has 0 radical (unpaired) electrons. The van der Waals surface area contributed by atoms with Crippen molar-refractivity contribution in [3.8, 4) is 5.75 Å². The minimum absolute atomic E-state index is 0.226. The summed E-state index contributed by atoms with van der Waals surface area (Å²) in [5, 5.41) is 15.5. The molecule has 9 heteroatoms. The van der Waals surface area contributed by atoms with Crippen LogP contribution < -0.4 is 10.9 Å². The Morgan fingerprint density at radius 3 is 3.05 bits per heavy atom. The van der Waals surface area contributed by atoms with E-state index in [0.717, 1.165) is 4.57 Å². The van der Waals surface area contributed by atoms with E-state index in [4.69, 9.17) is 4.74 Å². The van der Waals surface area contributed by atoms with E-state index in [-0.39, 0.29) is 18.8 Å². The van der Waals surface area contributed by atoms with E-state index in [1.165, 1.54) is 25.9 Å². The molecule has 2 aromatic rings. The summed E-state index contributed by atoms with van der Waals surface area (Å²) in [6.07, 6.45) is 3.65. The monoisotopic (exact) mass is 280 g/mol. The first-order chi connectivity index (χ1) is 9.63. The average Bonchev–Trinajstić information content (AvgIpc) is 2.93. The maximum absolute atomic E-state index is 11.8. The van der Waals surface area contributed by atoms with Crippen LogP contribution in [0.2, 0.25) is 0 Å². The van der Waals surface area contributed by atoms with Crippen LogP contribution >= 0.6 is 0 Å². The summed E-state index contributed by atoms with van der Waals surface area (Å²) in [6.45, 7) is 0.511. The summed E-state index contributed by atoms with van der Waals surface area (Å²) in [5.74, 6) is -1.46. The molecule has 2 rings (SSSR count). The lowest BCUT2D eigenvalue weighted by molar-refractivity contribution is 0.101. The molecule has 2 heterocycles. The molecular weight excluding hydrogens is 268 g/mol. The molecule has 0 bridgehead atoms. The number of nitrogens with zero attached hydrogens (tertiary/aromatic N) is 3. The Balaban J connectivity index is 2.22. The van der Waals surface area contributed by atoms with E-state index in [1.807, 2.05) is 0 Å². The molecule has 0 aliphatic heterocycles. The van der Waals surface area contributed by atoms with Gasteiger partial charge in [-0.25, -0.2) is 4.98 Å². The first-order valence-corrected chi connectivity index (χ1v) is 5.61. The number of hydrogen-bond acceptors (Lipinski definition) is 7. The van der Waals surface area contributed by atoms with E-state index < -0.39 is 17.2 Å². The molecule has 0 fully saturated rings. The maximum atomic E-state index is 11.8. The second-order valence-corrected chi connectivity index (χ2v) is 3.80. The first-order valence-electron chi connectivity index (χ1n) is 5.61. The van der Waals surface area contributed by atoms with Crippen LogP contribution in [0.15, 0.2) is 28.1 Å². The van der Waals surface area contributed by atoms with E-state index in [0.29, 0.717) is 5.69 Å². The Labute approximate surface area is 112 Å². The largest absolute Gasteiger partial charge is 0.501 e. The smallest absolute Gasteiger partial charge is 0.296 e. The van der Waals surface area contributed by atoms with Gasteiger partial charge in [0.2, 0.25) is 5.75 Å². The third-order valence-electron chi connectivity index (χ3n) is 2.46. The van der Waals surface area contributed by atoms with Gasteiger partial charge in [0.25, 0.3) is 11.5 Å². The van der Waals surface area contributed by atoms with Crippen LogP contribution in [0.1, 0.15) is 10.5 Å². The Morgan fingerprint density at radius 2 is 2.40 bits per heavy atom. The molecule has 0 aromatic carbocycles. The third-order valence-corrected chi connectivity index (χ3v) is 2.46. The number of rotatable bonds is 5. The summed E-state index contributed by atoms with van der Waals surface area (Å²) in [4.78, 5) is 27.4. The first kappa shape index (κ1) is 13.7. The van der Waals surface area contributed by atoms with Gasteiger partial charge in [0.05, 0.1) is 25.7 Å². The highest BCUT2D eigenvalue weighted by molar-refractivity contribution is 6.04. The Kier molecular flexibility index (Phi) is 4.11. The molecule has 20 heavy (non-hydrogen) atoms. The van der Waals surface area contributed by atoms with Crippen LogP contribution in [0.4, 0.5) is 5.69 Å². The summed E-state index contributed by atoms with van der Waals surface area (Å²) in [5.41, 5.74) is -0.794. The second kappa shape index (κ2) is 5.97. The van der Waals surface area contributed by atoms with Crippen molar-refractivity contribution < 1.29 is 19.2 Å². The summed E-state index contributed by atoms with van der Waals surface area (Å²) in [6, 6.07) is 0. The number of aromatic nitrogens is 3. The van der Waals surface area contributed by atoms with Gasteiger partial charge in [0, 0.05) is 7.11 Å². The zero-order valence-corrected chi connectivity index (χ0v) is 10.6. The van der Waals surface area contributed by atoms with Crippen molar-refractivity contribution in [2.45, 2.75) is 6.54 Å². The zero-order valence-electron chi connectivity index (χ0n) is 10.6. The van der Waals surface area contributed by atoms with Crippen LogP contribution in [-0.2, 0) is 11.3 Å². The minimum Gasteiger partial charge on any atom is -0.501 e. The van der Waals surface area contributed by atoms with Gasteiger partial charge in [-0.05, 0) is 0 Å². The van der Waals surface area contributed by atoms with Crippen LogP contribution in [-0.4, -0.2) is 39.4 Å². The van der Waals surface area contributed by atoms with Crippen LogP contribution in [0.25, 0.3) is 0 Å². The van der Waals surface area contributed by atoms with Gasteiger partial charge >= 0.3 is 0 Å². The highest BCUT2D eigenvalue weighted by Crippen LogP contribution is 2.11. The van der Waals surface area contributed by atoms with Gasteiger partial charge in [-0.1, -0.05) is 5.16 Å². The van der Waals surface area contributed by atoms with Crippen LogP contribution in [0, 0.1) is 0 Å². The Hall–Kier alpha value is -2.68. The normalized spacial score (nSPS) is 10.4. The number of aromatic hydroxyl groups is 1. The fraction of sp³-hybridized carbons (Fsp3) is 0.273. The van der Waals surface area contributed by atoms with Crippen molar-refractivity contribution in [3.63, 3.8) is 0 Å². The molecule has 106 valence electrons. The highest BCUT2D eigenvalue weighted by Gasteiger charge is 2.18. The molecule has 0 spiro atoms. The summed E-state index contributed by atoms with van der Waals surface area (Å²) >= 11 is 0. The molecule has 0 atom stereocenters. The van der Waals surface area contributed by atoms with Crippen molar-refractivity contribution >= 4 is 11.6 Å². The van der Waals surface area contributed by atoms with Crippen molar-refractivity contribution in [1.82, 2.24) is 14.7 Å². The Bertz CT molecular complexity index is 649. The van der Waals surface area contributed by atoms with Crippen molar-refractivity contribution in [1.29, 1.82) is 0 Å². The van der Waals surface area contributed by atoms with Gasteiger partial charge in [-0.2, -0.15) is 0 Å². The lowest BCUT2D eigenvalue weighted by Crippen LogP contribution is -2.26. The number of carbonyl (C=O) groups excluding carboxylic acids is 1. The SMILES string of the molecule is COCCn1cnc(C(=O)Nc2cnoc2)c(O)c1=O. The summed E-state index contributed by atoms with van der Waals surface area (Å²) < 4.78 is 10.5. The van der Waals surface area contributed by atoms with Crippen molar-refractivity contribution in [3.05, 3.63) is 34.8 Å². The number of amides is 1. The van der Waals surface area contributed by atoms with E-state index >= 15 is 0 Å². The Morgan fingerprint density at radius 1 is 1.60 bits per heavy atom. The van der Waals surface area contributed by atoms with Crippen molar-refractivity contribution in [2.75, 3.05) is 19.0 Å². The lowest BCUT2D eigenvalue weighted by atomic mass is 10.3. The zero-order chi connectivity index (χ0) is 14.5. The second-order valence-electron chi connectivity index (χ2n) is 3.80. The number of hydrogen-bond donors (Lipinski definition) is 2. The summed E-state index contributed by atoms with van der Waals surface area (Å²) in [7, 11) is 1.49. The third kappa shape index (κ3) is 2.83. The fourth-order valence-corrected chi connectivity index (χ4v) is 1.45. The molecule has 0 aliphatic rings. The highest BCUT2D eigenvalue weighted by atomic mass is 16.5. The van der Waals surface area contributed by atoms with Gasteiger partial charge in [-0.3, -0.25) is 14.2 Å². The van der Waals surface area contributed by atoms with Gasteiger partial charge < -0.3 is 19.7 Å². The molecule has 0 saturated carbocycles. The average molecular weight is 280 g/mol. The number of carbonyl (C=O) groups is 1. The number of ether oxygens (including phenoxy) is 1. The fourth-order valence-electron chi connectivity index (χ4n) is 1.45. The number of anilines is 1. The number of nitrogens with one attached hydrogen (secondary N) is 1. The maximum Gasteiger partial charge on any atom is 0.296 e. The molecule has 2 aromatic heterocycles. The standard InChI is InChI=1S/C11H12N4O5/c1-19-3-2-15-6-12-8(9(16)11(15)18)10(17)14-7-4-13-20-5-7/h4-6,16H,2-3H2,1H3,(H,14,17). The molecule has 9 nitrogen and oxygen atoms in total. The molecular formula is C11H12N4O5. The predicted octanol–water partition coefficient (Wildman–Crippen LogP) is -0.164. The quantitative estimate of drug-likeness (QED) is 0.780. The van der Waals surface area contributed by atoms with Gasteiger partial charge in [0.1, 0.15) is 12.0 Å². The molecule has 2 N–H and O–H groups in total. The van der Waals surface area contributed by atoms with E-state index in [9.17, 15) is 14.7 Å². The van der Waals surface area contributed by atoms with Gasteiger partial charge in [0.15, 0.2) is 5.69 Å². The molecule has 0 saturated heterocycles. The predicted molar refractivity (Wildman–Crippen MR) is 66.5 cm³/mol. The molecule has 1 amide bonds. The van der Waals surface area contributed by atoms with Crippen LogP contribution in [0.5, 0.6) is 5.75 Å². The van der Waals surface area contributed by atoms with Gasteiger partial charge in [-0.15, -0.1) is 0 Å². The van der Waals surface area contributed by atoms with Crippen molar-refractivity contribution in [2.24, 2.45) is 0 Å².